The van der Waals surface area contributed by atoms with Gasteiger partial charge in [-0.2, -0.15) is 0 Å². The van der Waals surface area contributed by atoms with Crippen molar-refractivity contribution in [2.24, 2.45) is 0 Å². The third-order valence-electron chi connectivity index (χ3n) is 2.52. The van der Waals surface area contributed by atoms with Crippen molar-refractivity contribution in [3.8, 4) is 11.5 Å². The average molecular weight is 327 g/mol. The highest BCUT2D eigenvalue weighted by molar-refractivity contribution is 7.89. The van der Waals surface area contributed by atoms with Crippen LogP contribution in [0.3, 0.4) is 0 Å². The van der Waals surface area contributed by atoms with Gasteiger partial charge in [-0.25, -0.2) is 21.9 Å². The molecule has 0 bridgehead atoms. The smallest absolute Gasteiger partial charge is 0.264 e. The van der Waals surface area contributed by atoms with E-state index in [1.54, 1.807) is 0 Å². The van der Waals surface area contributed by atoms with E-state index in [2.05, 4.69) is 0 Å². The lowest BCUT2D eigenvalue weighted by molar-refractivity contribution is 0.0981. The van der Waals surface area contributed by atoms with Gasteiger partial charge in [-0.1, -0.05) is 0 Å². The predicted octanol–water partition coefficient (Wildman–Crippen LogP) is 2.45. The van der Waals surface area contributed by atoms with Crippen LogP contribution in [-0.4, -0.2) is 20.6 Å². The molecular formula is C14H11F2NO4S. The molecule has 0 radical (unpaired) electrons. The van der Waals surface area contributed by atoms with Gasteiger partial charge in [0.2, 0.25) is 10.0 Å². The summed E-state index contributed by atoms with van der Waals surface area (Å²) in [5.74, 6) is -2.43. The molecule has 0 heterocycles. The Labute approximate surface area is 125 Å². The molecule has 0 saturated heterocycles. The molecule has 5 nitrogen and oxygen atoms in total. The van der Waals surface area contributed by atoms with Gasteiger partial charge in [0.05, 0.1) is 6.26 Å². The van der Waals surface area contributed by atoms with E-state index in [0.717, 1.165) is 18.4 Å². The van der Waals surface area contributed by atoms with Gasteiger partial charge in [-0.3, -0.25) is 4.79 Å². The fourth-order valence-corrected chi connectivity index (χ4v) is 2.03. The molecule has 0 spiro atoms. The van der Waals surface area contributed by atoms with Gasteiger partial charge in [0, 0.05) is 11.6 Å². The van der Waals surface area contributed by atoms with Crippen molar-refractivity contribution in [3.05, 3.63) is 59.7 Å². The molecule has 22 heavy (non-hydrogen) atoms. The van der Waals surface area contributed by atoms with Crippen LogP contribution in [0.25, 0.3) is 0 Å². The summed E-state index contributed by atoms with van der Waals surface area (Å²) in [4.78, 5) is 11.6. The van der Waals surface area contributed by atoms with E-state index < -0.39 is 27.6 Å². The molecule has 1 N–H and O–H groups in total. The van der Waals surface area contributed by atoms with Crippen molar-refractivity contribution < 1.29 is 26.7 Å². The second kappa shape index (κ2) is 6.10. The molecule has 0 aliphatic heterocycles. The Morgan fingerprint density at radius 1 is 1.00 bits per heavy atom. The largest absolute Gasteiger partial charge is 0.457 e. The number of carbonyl (C=O) groups excluding carboxylic acids is 1. The molecular weight excluding hydrogens is 316 g/mol. The fourth-order valence-electron chi connectivity index (χ4n) is 1.58. The highest BCUT2D eigenvalue weighted by atomic mass is 32.2. The van der Waals surface area contributed by atoms with Gasteiger partial charge >= 0.3 is 0 Å². The summed E-state index contributed by atoms with van der Waals surface area (Å²) in [5.41, 5.74) is 0.114. The van der Waals surface area contributed by atoms with Crippen LogP contribution in [0.4, 0.5) is 8.78 Å². The molecule has 2 aromatic carbocycles. The third-order valence-corrected chi connectivity index (χ3v) is 3.08. The Bertz CT molecular complexity index is 804. The van der Waals surface area contributed by atoms with E-state index in [4.69, 9.17) is 4.74 Å². The molecule has 2 aromatic rings. The first-order valence-corrected chi connectivity index (χ1v) is 7.89. The Balaban J connectivity index is 2.12. The van der Waals surface area contributed by atoms with Crippen LogP contribution in [0, 0.1) is 11.6 Å². The van der Waals surface area contributed by atoms with Crippen molar-refractivity contribution in [1.29, 1.82) is 0 Å². The van der Waals surface area contributed by atoms with Gasteiger partial charge in [-0.05, 0) is 36.4 Å². The number of halogens is 2. The lowest BCUT2D eigenvalue weighted by Crippen LogP contribution is -2.29. The third kappa shape index (κ3) is 4.26. The SMILES string of the molecule is CS(=O)(=O)NC(=O)c1ccc(Oc2ccc(F)c(F)c2)cc1. The van der Waals surface area contributed by atoms with E-state index in [0.29, 0.717) is 0 Å². The van der Waals surface area contributed by atoms with E-state index in [-0.39, 0.29) is 17.1 Å². The maximum absolute atomic E-state index is 13.0. The lowest BCUT2D eigenvalue weighted by Gasteiger charge is -2.07. The van der Waals surface area contributed by atoms with Crippen LogP contribution >= 0.6 is 0 Å². The second-order valence-corrected chi connectivity index (χ2v) is 6.15. The summed E-state index contributed by atoms with van der Waals surface area (Å²) in [6, 6.07) is 8.56. The highest BCUT2D eigenvalue weighted by Crippen LogP contribution is 2.23. The predicted molar refractivity (Wildman–Crippen MR) is 75.2 cm³/mol. The standard InChI is InChI=1S/C14H11F2NO4S/c1-22(19,20)17-14(18)9-2-4-10(5-3-9)21-11-6-7-12(15)13(16)8-11/h2-8H,1H3,(H,17,18). The summed E-state index contributed by atoms with van der Waals surface area (Å²) in [7, 11) is -3.65. The van der Waals surface area contributed by atoms with Crippen LogP contribution in [0.1, 0.15) is 10.4 Å². The summed E-state index contributed by atoms with van der Waals surface area (Å²) < 4.78 is 54.9. The van der Waals surface area contributed by atoms with Crippen LogP contribution in [0.5, 0.6) is 11.5 Å². The summed E-state index contributed by atoms with van der Waals surface area (Å²) in [5, 5.41) is 0. The van der Waals surface area contributed by atoms with Crippen LogP contribution in [-0.2, 0) is 10.0 Å². The molecule has 0 fully saturated rings. The topological polar surface area (TPSA) is 72.5 Å². The number of ether oxygens (including phenoxy) is 1. The zero-order valence-electron chi connectivity index (χ0n) is 11.3. The molecule has 8 heteroatoms. The van der Waals surface area contributed by atoms with Crippen molar-refractivity contribution in [3.63, 3.8) is 0 Å². The minimum absolute atomic E-state index is 0.0900. The van der Waals surface area contributed by atoms with Crippen LogP contribution in [0.2, 0.25) is 0 Å². The van der Waals surface area contributed by atoms with Gasteiger partial charge < -0.3 is 4.74 Å². The van der Waals surface area contributed by atoms with Crippen molar-refractivity contribution in [1.82, 2.24) is 4.72 Å². The maximum Gasteiger partial charge on any atom is 0.264 e. The quantitative estimate of drug-likeness (QED) is 0.936. The molecule has 1 amide bonds. The highest BCUT2D eigenvalue weighted by Gasteiger charge is 2.11. The molecule has 116 valence electrons. The number of nitrogens with one attached hydrogen (secondary N) is 1. The Hall–Kier alpha value is -2.48. The Kier molecular flexibility index (Phi) is 4.41. The van der Waals surface area contributed by atoms with Crippen molar-refractivity contribution in [2.75, 3.05) is 6.26 Å². The van der Waals surface area contributed by atoms with Crippen molar-refractivity contribution in [2.45, 2.75) is 0 Å². The number of benzene rings is 2. The van der Waals surface area contributed by atoms with E-state index in [1.807, 2.05) is 4.72 Å². The second-order valence-electron chi connectivity index (χ2n) is 4.41. The minimum atomic E-state index is -3.65. The lowest BCUT2D eigenvalue weighted by atomic mass is 10.2. The fraction of sp³-hybridized carbons (Fsp3) is 0.0714. The first-order valence-electron chi connectivity index (χ1n) is 6.00. The molecule has 2 rings (SSSR count). The minimum Gasteiger partial charge on any atom is -0.457 e. The molecule has 0 unspecified atom stereocenters. The molecule has 0 saturated carbocycles. The molecule has 0 aliphatic carbocycles. The number of hydrogen-bond acceptors (Lipinski definition) is 4. The molecule has 0 atom stereocenters. The number of hydrogen-bond donors (Lipinski definition) is 1. The van der Waals surface area contributed by atoms with Crippen LogP contribution < -0.4 is 9.46 Å². The van der Waals surface area contributed by atoms with Gasteiger partial charge in [-0.15, -0.1) is 0 Å². The van der Waals surface area contributed by atoms with E-state index >= 15 is 0 Å². The first-order chi connectivity index (χ1) is 10.2. The van der Waals surface area contributed by atoms with E-state index in [1.165, 1.54) is 30.3 Å². The average Bonchev–Trinajstić information content (AvgIpc) is 2.42. The maximum atomic E-state index is 13.0. The summed E-state index contributed by atoms with van der Waals surface area (Å²) in [6.07, 6.45) is 0.867. The first kappa shape index (κ1) is 15.9. The zero-order chi connectivity index (χ0) is 16.3. The van der Waals surface area contributed by atoms with E-state index in [9.17, 15) is 22.0 Å². The van der Waals surface area contributed by atoms with Gasteiger partial charge in [0.15, 0.2) is 11.6 Å². The molecule has 0 aliphatic rings. The summed E-state index contributed by atoms with van der Waals surface area (Å²) >= 11 is 0. The van der Waals surface area contributed by atoms with Crippen molar-refractivity contribution >= 4 is 15.9 Å². The Morgan fingerprint density at radius 3 is 2.14 bits per heavy atom. The van der Waals surface area contributed by atoms with Gasteiger partial charge in [0.1, 0.15) is 11.5 Å². The van der Waals surface area contributed by atoms with Gasteiger partial charge in [0.25, 0.3) is 5.91 Å². The monoisotopic (exact) mass is 327 g/mol. The van der Waals surface area contributed by atoms with Crippen LogP contribution in [0.15, 0.2) is 42.5 Å². The summed E-state index contributed by atoms with van der Waals surface area (Å²) in [6.45, 7) is 0. The number of carbonyl (C=O) groups is 1. The number of rotatable bonds is 4. The Morgan fingerprint density at radius 2 is 1.59 bits per heavy atom. The normalized spacial score (nSPS) is 11.0. The molecule has 0 aromatic heterocycles. The number of sulfonamides is 1. The zero-order valence-corrected chi connectivity index (χ0v) is 12.2. The number of amides is 1.